The van der Waals surface area contributed by atoms with Crippen LogP contribution < -0.4 is 0 Å². The van der Waals surface area contributed by atoms with E-state index in [0.717, 1.165) is 6.54 Å². The average molecular weight is 140 g/mol. The molecule has 1 aliphatic heterocycles. The lowest BCUT2D eigenvalue weighted by atomic mass is 10.2. The molecule has 1 heterocycles. The standard InChI is InChI=1S/C8H16N2/c1-6(2)10-7(3)5-9-8(10)4/h6-7H,5H2,1-4H3. The molecule has 1 unspecified atom stereocenters. The normalized spacial score (nSPS) is 25.9. The first-order valence-electron chi connectivity index (χ1n) is 3.92. The molecule has 0 aromatic carbocycles. The molecule has 0 aliphatic carbocycles. The second kappa shape index (κ2) is 2.60. The molecule has 1 rings (SSSR count). The molecule has 0 aromatic rings. The van der Waals surface area contributed by atoms with E-state index in [2.05, 4.69) is 37.6 Å². The van der Waals surface area contributed by atoms with Gasteiger partial charge in [0.05, 0.1) is 12.4 Å². The Labute approximate surface area is 62.9 Å². The van der Waals surface area contributed by atoms with Crippen LogP contribution in [0, 0.1) is 0 Å². The van der Waals surface area contributed by atoms with Crippen molar-refractivity contribution in [3.05, 3.63) is 0 Å². The fourth-order valence-electron chi connectivity index (χ4n) is 1.64. The maximum atomic E-state index is 4.36. The van der Waals surface area contributed by atoms with Crippen LogP contribution in [-0.4, -0.2) is 29.4 Å². The van der Waals surface area contributed by atoms with Crippen LogP contribution >= 0.6 is 0 Å². The lowest BCUT2D eigenvalue weighted by molar-refractivity contribution is 0.303. The van der Waals surface area contributed by atoms with Gasteiger partial charge in [-0.2, -0.15) is 0 Å². The van der Waals surface area contributed by atoms with Gasteiger partial charge in [-0.1, -0.05) is 0 Å². The second-order valence-corrected chi connectivity index (χ2v) is 3.24. The molecule has 1 aliphatic rings. The topological polar surface area (TPSA) is 15.6 Å². The van der Waals surface area contributed by atoms with Crippen molar-refractivity contribution in [3.8, 4) is 0 Å². The summed E-state index contributed by atoms with van der Waals surface area (Å²) in [5, 5.41) is 0. The van der Waals surface area contributed by atoms with E-state index in [1.807, 2.05) is 0 Å². The zero-order valence-electron chi connectivity index (χ0n) is 7.26. The molecule has 58 valence electrons. The highest BCUT2D eigenvalue weighted by atomic mass is 15.3. The highest BCUT2D eigenvalue weighted by Crippen LogP contribution is 2.12. The van der Waals surface area contributed by atoms with Crippen LogP contribution in [-0.2, 0) is 0 Å². The van der Waals surface area contributed by atoms with Crippen molar-refractivity contribution in [2.45, 2.75) is 39.8 Å². The molecular formula is C8H16N2. The minimum absolute atomic E-state index is 0.598. The monoisotopic (exact) mass is 140 g/mol. The largest absolute Gasteiger partial charge is 0.354 e. The van der Waals surface area contributed by atoms with Gasteiger partial charge < -0.3 is 4.90 Å². The van der Waals surface area contributed by atoms with Gasteiger partial charge in [-0.05, 0) is 27.7 Å². The first-order chi connectivity index (χ1) is 4.63. The fourth-order valence-corrected chi connectivity index (χ4v) is 1.64. The summed E-state index contributed by atoms with van der Waals surface area (Å²) in [5.41, 5.74) is 0. The van der Waals surface area contributed by atoms with Gasteiger partial charge >= 0.3 is 0 Å². The summed E-state index contributed by atoms with van der Waals surface area (Å²) in [6, 6.07) is 1.21. The van der Waals surface area contributed by atoms with Gasteiger partial charge in [-0.15, -0.1) is 0 Å². The Balaban J connectivity index is 2.64. The van der Waals surface area contributed by atoms with Gasteiger partial charge in [0.15, 0.2) is 0 Å². The number of aliphatic imine (C=N–C) groups is 1. The molecule has 0 fully saturated rings. The van der Waals surface area contributed by atoms with Crippen molar-refractivity contribution in [2.24, 2.45) is 4.99 Å². The van der Waals surface area contributed by atoms with E-state index < -0.39 is 0 Å². The quantitative estimate of drug-likeness (QED) is 0.539. The maximum Gasteiger partial charge on any atom is 0.0963 e. The van der Waals surface area contributed by atoms with Gasteiger partial charge in [-0.25, -0.2) is 0 Å². The van der Waals surface area contributed by atoms with Gasteiger partial charge in [0.1, 0.15) is 0 Å². The van der Waals surface area contributed by atoms with Crippen LogP contribution in [0.25, 0.3) is 0 Å². The van der Waals surface area contributed by atoms with Crippen LogP contribution in [0.5, 0.6) is 0 Å². The number of hydrogen-bond acceptors (Lipinski definition) is 2. The van der Waals surface area contributed by atoms with Crippen molar-refractivity contribution in [1.29, 1.82) is 0 Å². The zero-order chi connectivity index (χ0) is 7.72. The summed E-state index contributed by atoms with van der Waals surface area (Å²) >= 11 is 0. The molecule has 0 bridgehead atoms. The summed E-state index contributed by atoms with van der Waals surface area (Å²) in [6.45, 7) is 9.70. The predicted octanol–water partition coefficient (Wildman–Crippen LogP) is 1.52. The molecule has 2 heteroatoms. The summed E-state index contributed by atoms with van der Waals surface area (Å²) in [6.07, 6.45) is 0. The van der Waals surface area contributed by atoms with E-state index in [0.29, 0.717) is 12.1 Å². The average Bonchev–Trinajstić information content (AvgIpc) is 2.11. The first kappa shape index (κ1) is 7.58. The van der Waals surface area contributed by atoms with E-state index in [1.165, 1.54) is 5.84 Å². The minimum Gasteiger partial charge on any atom is -0.354 e. The van der Waals surface area contributed by atoms with Gasteiger partial charge in [-0.3, -0.25) is 4.99 Å². The number of hydrogen-bond donors (Lipinski definition) is 0. The minimum atomic E-state index is 0.598. The number of amidine groups is 1. The molecule has 0 saturated carbocycles. The lowest BCUT2D eigenvalue weighted by Crippen LogP contribution is -2.38. The van der Waals surface area contributed by atoms with Crippen LogP contribution in [0.2, 0.25) is 0 Å². The summed E-state index contributed by atoms with van der Waals surface area (Å²) in [5.74, 6) is 1.20. The van der Waals surface area contributed by atoms with Gasteiger partial charge in [0.25, 0.3) is 0 Å². The zero-order valence-corrected chi connectivity index (χ0v) is 7.26. The SMILES string of the molecule is CC1=NCC(C)N1C(C)C. The van der Waals surface area contributed by atoms with Crippen molar-refractivity contribution in [3.63, 3.8) is 0 Å². The van der Waals surface area contributed by atoms with Crippen LogP contribution in [0.3, 0.4) is 0 Å². The Hall–Kier alpha value is -0.530. The summed E-state index contributed by atoms with van der Waals surface area (Å²) in [4.78, 5) is 6.72. The number of nitrogens with zero attached hydrogens (tertiary/aromatic N) is 2. The molecule has 2 nitrogen and oxygen atoms in total. The highest BCUT2D eigenvalue weighted by molar-refractivity contribution is 5.81. The Bertz CT molecular complexity index is 149. The number of rotatable bonds is 1. The van der Waals surface area contributed by atoms with E-state index in [4.69, 9.17) is 0 Å². The third-order valence-corrected chi connectivity index (χ3v) is 1.99. The molecule has 1 atom stereocenters. The summed E-state index contributed by atoms with van der Waals surface area (Å²) < 4.78 is 0. The van der Waals surface area contributed by atoms with Gasteiger partial charge in [0, 0.05) is 12.1 Å². The molecule has 10 heavy (non-hydrogen) atoms. The van der Waals surface area contributed by atoms with Crippen LogP contribution in [0.1, 0.15) is 27.7 Å². The highest BCUT2D eigenvalue weighted by Gasteiger charge is 2.22. The van der Waals surface area contributed by atoms with Crippen molar-refractivity contribution in [1.82, 2.24) is 4.90 Å². The fraction of sp³-hybridized carbons (Fsp3) is 0.875. The molecule has 0 N–H and O–H groups in total. The Kier molecular flexibility index (Phi) is 1.97. The van der Waals surface area contributed by atoms with Gasteiger partial charge in [0.2, 0.25) is 0 Å². The third kappa shape index (κ3) is 1.15. The molecule has 0 radical (unpaired) electrons. The second-order valence-electron chi connectivity index (χ2n) is 3.24. The smallest absolute Gasteiger partial charge is 0.0963 e. The summed E-state index contributed by atoms with van der Waals surface area (Å²) in [7, 11) is 0. The van der Waals surface area contributed by atoms with Crippen molar-refractivity contribution >= 4 is 5.84 Å². The molecule has 0 aromatic heterocycles. The van der Waals surface area contributed by atoms with Crippen molar-refractivity contribution < 1.29 is 0 Å². The Morgan fingerprint density at radius 3 is 2.40 bits per heavy atom. The van der Waals surface area contributed by atoms with Crippen molar-refractivity contribution in [2.75, 3.05) is 6.54 Å². The molecule has 0 saturated heterocycles. The van der Waals surface area contributed by atoms with E-state index in [9.17, 15) is 0 Å². The lowest BCUT2D eigenvalue weighted by Gasteiger charge is -2.28. The first-order valence-corrected chi connectivity index (χ1v) is 3.92. The van der Waals surface area contributed by atoms with Crippen LogP contribution in [0.4, 0.5) is 0 Å². The molecular weight excluding hydrogens is 124 g/mol. The van der Waals surface area contributed by atoms with E-state index in [1.54, 1.807) is 0 Å². The predicted molar refractivity (Wildman–Crippen MR) is 44.4 cm³/mol. The van der Waals surface area contributed by atoms with E-state index >= 15 is 0 Å². The maximum absolute atomic E-state index is 4.36. The third-order valence-electron chi connectivity index (χ3n) is 1.99. The van der Waals surface area contributed by atoms with Crippen LogP contribution in [0.15, 0.2) is 4.99 Å². The Morgan fingerprint density at radius 1 is 1.60 bits per heavy atom. The molecule has 0 amide bonds. The van der Waals surface area contributed by atoms with E-state index in [-0.39, 0.29) is 0 Å². The Morgan fingerprint density at radius 2 is 2.20 bits per heavy atom. The molecule has 0 spiro atoms.